The van der Waals surface area contributed by atoms with Gasteiger partial charge in [0.05, 0.1) is 12.0 Å². The average molecular weight is 380 g/mol. The molecule has 0 radical (unpaired) electrons. The van der Waals surface area contributed by atoms with Gasteiger partial charge in [-0.25, -0.2) is 4.98 Å². The summed E-state index contributed by atoms with van der Waals surface area (Å²) in [5, 5.41) is 7.77. The molecule has 0 aliphatic carbocycles. The second-order valence-corrected chi connectivity index (χ2v) is 7.61. The van der Waals surface area contributed by atoms with Gasteiger partial charge in [0.2, 0.25) is 0 Å². The predicted molar refractivity (Wildman–Crippen MR) is 111 cm³/mol. The molecule has 0 amide bonds. The van der Waals surface area contributed by atoms with Crippen LogP contribution in [0.1, 0.15) is 36.3 Å². The maximum absolute atomic E-state index is 5.24. The molecular formula is C22H29N5O. The molecule has 6 heteroatoms. The van der Waals surface area contributed by atoms with E-state index in [4.69, 9.17) is 4.52 Å². The first-order valence-electron chi connectivity index (χ1n) is 10.2. The molecule has 3 heterocycles. The smallest absolute Gasteiger partial charge is 0.137 e. The van der Waals surface area contributed by atoms with Crippen molar-refractivity contribution < 1.29 is 4.52 Å². The third-order valence-corrected chi connectivity index (χ3v) is 5.73. The Morgan fingerprint density at radius 1 is 1.11 bits per heavy atom. The van der Waals surface area contributed by atoms with Crippen molar-refractivity contribution in [2.75, 3.05) is 24.5 Å². The predicted octanol–water partition coefficient (Wildman–Crippen LogP) is 3.67. The van der Waals surface area contributed by atoms with Crippen molar-refractivity contribution in [2.45, 2.75) is 45.6 Å². The summed E-state index contributed by atoms with van der Waals surface area (Å²) < 4.78 is 7.27. The molecule has 1 saturated heterocycles. The highest BCUT2D eigenvalue weighted by Crippen LogP contribution is 2.22. The van der Waals surface area contributed by atoms with E-state index in [9.17, 15) is 0 Å². The van der Waals surface area contributed by atoms with Crippen LogP contribution in [0.15, 0.2) is 47.5 Å². The molecule has 3 aromatic rings. The van der Waals surface area contributed by atoms with Crippen molar-refractivity contribution in [3.63, 3.8) is 0 Å². The summed E-state index contributed by atoms with van der Waals surface area (Å²) >= 11 is 0. The van der Waals surface area contributed by atoms with Crippen molar-refractivity contribution in [1.29, 1.82) is 0 Å². The number of benzene rings is 1. The molecule has 1 fully saturated rings. The molecule has 0 atom stereocenters. The molecule has 2 aromatic heterocycles. The van der Waals surface area contributed by atoms with Crippen molar-refractivity contribution >= 4 is 5.69 Å². The maximum atomic E-state index is 5.24. The van der Waals surface area contributed by atoms with Gasteiger partial charge >= 0.3 is 0 Å². The zero-order chi connectivity index (χ0) is 19.3. The van der Waals surface area contributed by atoms with Crippen molar-refractivity contribution in [1.82, 2.24) is 20.0 Å². The lowest BCUT2D eigenvalue weighted by molar-refractivity contribution is 0.391. The number of hydrogen-bond acceptors (Lipinski definition) is 5. The van der Waals surface area contributed by atoms with Gasteiger partial charge < -0.3 is 19.3 Å². The van der Waals surface area contributed by atoms with Gasteiger partial charge in [-0.1, -0.05) is 5.16 Å². The first kappa shape index (κ1) is 18.7. The standard InChI is InChI=1S/C22H29N5O/c1-17-22(18(2)28-25-17)4-3-11-24-19-9-13-26(14-10-19)20-5-7-21(8-6-20)27-15-12-23-16-27/h5-8,12,15-16,19,24H,3-4,9-11,13-14H2,1-2H3. The molecular weight excluding hydrogens is 350 g/mol. The van der Waals surface area contributed by atoms with Crippen LogP contribution in [0.2, 0.25) is 0 Å². The summed E-state index contributed by atoms with van der Waals surface area (Å²) in [5.41, 5.74) is 4.76. The summed E-state index contributed by atoms with van der Waals surface area (Å²) in [7, 11) is 0. The van der Waals surface area contributed by atoms with Crippen molar-refractivity contribution in [3.05, 3.63) is 60.0 Å². The highest BCUT2D eigenvalue weighted by molar-refractivity contribution is 5.51. The topological polar surface area (TPSA) is 59.1 Å². The molecule has 1 aliphatic heterocycles. The van der Waals surface area contributed by atoms with Crippen molar-refractivity contribution in [3.8, 4) is 5.69 Å². The number of nitrogens with zero attached hydrogens (tertiary/aromatic N) is 4. The minimum Gasteiger partial charge on any atom is -0.371 e. The van der Waals surface area contributed by atoms with Crippen LogP contribution in [0.5, 0.6) is 0 Å². The van der Waals surface area contributed by atoms with Gasteiger partial charge in [0.25, 0.3) is 0 Å². The lowest BCUT2D eigenvalue weighted by atomic mass is 10.0. The molecule has 28 heavy (non-hydrogen) atoms. The van der Waals surface area contributed by atoms with Gasteiger partial charge in [-0.15, -0.1) is 0 Å². The number of aryl methyl sites for hydroxylation is 2. The Labute approximate surface area is 166 Å². The molecule has 0 saturated carbocycles. The number of hydrogen-bond donors (Lipinski definition) is 1. The summed E-state index contributed by atoms with van der Waals surface area (Å²) in [4.78, 5) is 6.60. The van der Waals surface area contributed by atoms with E-state index in [1.165, 1.54) is 24.1 Å². The Morgan fingerprint density at radius 3 is 2.50 bits per heavy atom. The SMILES string of the molecule is Cc1noc(C)c1CCCNC1CCN(c2ccc(-n3ccnc3)cc2)CC1. The van der Waals surface area contributed by atoms with Crippen molar-refractivity contribution in [2.24, 2.45) is 0 Å². The fourth-order valence-corrected chi connectivity index (χ4v) is 4.02. The van der Waals surface area contributed by atoms with E-state index in [2.05, 4.69) is 44.6 Å². The maximum Gasteiger partial charge on any atom is 0.137 e. The van der Waals surface area contributed by atoms with Crippen LogP contribution in [-0.2, 0) is 6.42 Å². The largest absolute Gasteiger partial charge is 0.371 e. The molecule has 0 bridgehead atoms. The third kappa shape index (κ3) is 4.28. The Kier molecular flexibility index (Phi) is 5.76. The second-order valence-electron chi connectivity index (χ2n) is 7.61. The first-order chi connectivity index (χ1) is 13.7. The molecule has 4 rings (SSSR count). The first-order valence-corrected chi connectivity index (χ1v) is 10.2. The highest BCUT2D eigenvalue weighted by Gasteiger charge is 2.19. The lowest BCUT2D eigenvalue weighted by Gasteiger charge is -2.34. The minimum atomic E-state index is 0.617. The fraction of sp³-hybridized carbons (Fsp3) is 0.455. The van der Waals surface area contributed by atoms with Gasteiger partial charge in [0.1, 0.15) is 5.76 Å². The van der Waals surface area contributed by atoms with Crippen LogP contribution in [0, 0.1) is 13.8 Å². The third-order valence-electron chi connectivity index (χ3n) is 5.73. The highest BCUT2D eigenvalue weighted by atomic mass is 16.5. The van der Waals surface area contributed by atoms with E-state index in [1.807, 2.05) is 30.9 Å². The Hall–Kier alpha value is -2.60. The van der Waals surface area contributed by atoms with Crippen LogP contribution in [-0.4, -0.2) is 40.4 Å². The van der Waals surface area contributed by atoms with Crippen LogP contribution < -0.4 is 10.2 Å². The number of aromatic nitrogens is 3. The lowest BCUT2D eigenvalue weighted by Crippen LogP contribution is -2.42. The van der Waals surface area contributed by atoms with E-state index in [-0.39, 0.29) is 0 Å². The molecule has 1 aromatic carbocycles. The number of anilines is 1. The minimum absolute atomic E-state index is 0.617. The average Bonchev–Trinajstić information content (AvgIpc) is 3.37. The Balaban J connectivity index is 1.20. The van der Waals surface area contributed by atoms with Crippen LogP contribution in [0.3, 0.4) is 0 Å². The van der Waals surface area contributed by atoms with Crippen LogP contribution >= 0.6 is 0 Å². The number of nitrogens with one attached hydrogen (secondary N) is 1. The van der Waals surface area contributed by atoms with E-state index < -0.39 is 0 Å². The van der Waals surface area contributed by atoms with Gasteiger partial charge in [-0.3, -0.25) is 0 Å². The molecule has 6 nitrogen and oxygen atoms in total. The molecule has 0 spiro atoms. The van der Waals surface area contributed by atoms with E-state index in [0.29, 0.717) is 6.04 Å². The van der Waals surface area contributed by atoms with Gasteiger partial charge in [-0.05, 0) is 70.3 Å². The number of rotatable bonds is 7. The van der Waals surface area contributed by atoms with E-state index >= 15 is 0 Å². The number of imidazole rings is 1. The summed E-state index contributed by atoms with van der Waals surface area (Å²) in [5.74, 6) is 0.963. The van der Waals surface area contributed by atoms with E-state index in [0.717, 1.165) is 49.6 Å². The Morgan fingerprint density at radius 2 is 1.86 bits per heavy atom. The van der Waals surface area contributed by atoms with Crippen LogP contribution in [0.4, 0.5) is 5.69 Å². The van der Waals surface area contributed by atoms with Gasteiger partial charge in [0.15, 0.2) is 0 Å². The monoisotopic (exact) mass is 379 g/mol. The molecule has 0 unspecified atom stereocenters. The van der Waals surface area contributed by atoms with Crippen LogP contribution in [0.25, 0.3) is 5.69 Å². The Bertz CT molecular complexity index is 841. The molecule has 148 valence electrons. The fourth-order valence-electron chi connectivity index (χ4n) is 4.02. The molecule has 1 N–H and O–H groups in total. The van der Waals surface area contributed by atoms with Gasteiger partial charge in [-0.2, -0.15) is 0 Å². The molecule has 1 aliphatic rings. The number of piperidine rings is 1. The summed E-state index contributed by atoms with van der Waals surface area (Å²) in [6.07, 6.45) is 10.1. The normalized spacial score (nSPS) is 15.3. The zero-order valence-electron chi connectivity index (χ0n) is 16.8. The quantitative estimate of drug-likeness (QED) is 0.635. The summed E-state index contributed by atoms with van der Waals surface area (Å²) in [6, 6.07) is 9.37. The second kappa shape index (κ2) is 8.61. The summed E-state index contributed by atoms with van der Waals surface area (Å²) in [6.45, 7) is 7.28. The van der Waals surface area contributed by atoms with E-state index in [1.54, 1.807) is 6.20 Å². The van der Waals surface area contributed by atoms with Gasteiger partial charge in [0, 0.05) is 48.5 Å². The zero-order valence-corrected chi connectivity index (χ0v) is 16.8.